The number of benzene rings is 2. The van der Waals surface area contributed by atoms with Gasteiger partial charge in [0.1, 0.15) is 11.3 Å². The molecule has 1 atom stereocenters. The van der Waals surface area contributed by atoms with Crippen molar-refractivity contribution in [3.63, 3.8) is 0 Å². The van der Waals surface area contributed by atoms with Crippen LogP contribution in [0.25, 0.3) is 21.6 Å². The molecule has 0 aliphatic carbocycles. The van der Waals surface area contributed by atoms with Gasteiger partial charge in [-0.25, -0.2) is 9.97 Å². The van der Waals surface area contributed by atoms with Crippen LogP contribution >= 0.6 is 22.9 Å². The lowest BCUT2D eigenvalue weighted by molar-refractivity contribution is -0.132. The van der Waals surface area contributed by atoms with Crippen LogP contribution in [0.15, 0.2) is 66.4 Å². The molecule has 43 heavy (non-hydrogen) atoms. The number of pyridine rings is 1. The van der Waals surface area contributed by atoms with Gasteiger partial charge in [0, 0.05) is 11.2 Å². The van der Waals surface area contributed by atoms with E-state index in [1.165, 1.54) is 16.2 Å². The molecule has 11 heteroatoms. The van der Waals surface area contributed by atoms with Crippen LogP contribution in [0.5, 0.6) is 11.5 Å². The summed E-state index contributed by atoms with van der Waals surface area (Å²) in [5.41, 5.74) is 2.56. The number of imidazole rings is 1. The second kappa shape index (κ2) is 11.7. The minimum atomic E-state index is -1.01. The number of aromatic nitrogens is 3. The number of carbonyl (C=O) groups is 2. The third-order valence-corrected chi connectivity index (χ3v) is 8.51. The number of aliphatic hydroxyl groups is 1. The third-order valence-electron chi connectivity index (χ3n) is 7.26. The van der Waals surface area contributed by atoms with E-state index < -0.39 is 17.7 Å². The molecule has 1 amide bonds. The summed E-state index contributed by atoms with van der Waals surface area (Å²) in [7, 11) is 0. The second-order valence-electron chi connectivity index (χ2n) is 10.1. The number of ether oxygens (including phenoxy) is 2. The Morgan fingerprint density at radius 1 is 1.05 bits per heavy atom. The smallest absolute Gasteiger partial charge is 0.301 e. The van der Waals surface area contributed by atoms with Crippen molar-refractivity contribution in [1.29, 1.82) is 0 Å². The molecule has 5 aromatic rings. The number of nitrogens with zero attached hydrogens (tertiary/aromatic N) is 4. The normalized spacial score (nSPS) is 16.5. The summed E-state index contributed by atoms with van der Waals surface area (Å²) >= 11 is 7.47. The molecule has 2 aromatic carbocycles. The molecule has 0 radical (unpaired) electrons. The first-order chi connectivity index (χ1) is 20.8. The zero-order valence-electron chi connectivity index (χ0n) is 23.8. The zero-order chi connectivity index (χ0) is 30.2. The van der Waals surface area contributed by atoms with Gasteiger partial charge in [-0.1, -0.05) is 48.4 Å². The predicted octanol–water partition coefficient (Wildman–Crippen LogP) is 7.11. The van der Waals surface area contributed by atoms with Crippen LogP contribution < -0.4 is 14.4 Å². The summed E-state index contributed by atoms with van der Waals surface area (Å²) in [5, 5.41) is 12.7. The molecule has 1 saturated heterocycles. The Kier molecular flexibility index (Phi) is 7.81. The average Bonchev–Trinajstić information content (AvgIpc) is 3.64. The Hall–Kier alpha value is -4.41. The molecule has 1 aliphatic heterocycles. The highest BCUT2D eigenvalue weighted by Crippen LogP contribution is 2.46. The first-order valence-corrected chi connectivity index (χ1v) is 15.2. The van der Waals surface area contributed by atoms with Gasteiger partial charge >= 0.3 is 5.91 Å². The van der Waals surface area contributed by atoms with Crippen molar-refractivity contribution in [3.8, 4) is 11.5 Å². The van der Waals surface area contributed by atoms with Crippen LogP contribution in [-0.4, -0.2) is 44.4 Å². The van der Waals surface area contributed by atoms with Crippen LogP contribution in [0.2, 0.25) is 5.02 Å². The summed E-state index contributed by atoms with van der Waals surface area (Å²) < 4.78 is 14.4. The molecular formula is C32H29ClN4O5S. The van der Waals surface area contributed by atoms with Gasteiger partial charge in [-0.15, -0.1) is 0 Å². The molecule has 4 heterocycles. The SMILES string of the molecule is CCCCOc1ccc(C2/C(=C(\O)c3c(C)nc4ccccn34)C(=O)C(=O)N2c2nc3ccc(Cl)cc3s2)cc1OCC. The van der Waals surface area contributed by atoms with Crippen LogP contribution in [0.3, 0.4) is 0 Å². The van der Waals surface area contributed by atoms with E-state index in [1.54, 1.807) is 66.1 Å². The standard InChI is InChI=1S/C32H29ClN4O5S/c1-4-6-15-42-22-13-10-19(16-23(22)41-5-2)28-26(29(38)27-18(3)34-25-9-7-8-14-36(25)27)30(39)31(40)37(28)32-35-21-12-11-20(33)17-24(21)43-32/h7-14,16-17,28,38H,4-6,15H2,1-3H3/b29-26+. The number of aliphatic hydroxyl groups excluding tert-OH is 1. The number of ketones is 1. The maximum absolute atomic E-state index is 13.8. The fourth-order valence-electron chi connectivity index (χ4n) is 5.27. The van der Waals surface area contributed by atoms with Crippen LogP contribution in [-0.2, 0) is 9.59 Å². The number of amides is 1. The van der Waals surface area contributed by atoms with Crippen molar-refractivity contribution >= 4 is 61.4 Å². The van der Waals surface area contributed by atoms with E-state index >= 15 is 0 Å². The molecule has 0 spiro atoms. The number of Topliss-reactive ketones (excluding diaryl/α,β-unsaturated/α-hetero) is 1. The Morgan fingerprint density at radius 2 is 1.88 bits per heavy atom. The number of thiazole rings is 1. The number of anilines is 1. The van der Waals surface area contributed by atoms with Gasteiger partial charge in [-0.05, 0) is 68.3 Å². The molecule has 3 aromatic heterocycles. The zero-order valence-corrected chi connectivity index (χ0v) is 25.4. The Balaban J connectivity index is 1.57. The maximum Gasteiger partial charge on any atom is 0.301 e. The lowest BCUT2D eigenvalue weighted by atomic mass is 9.96. The van der Waals surface area contributed by atoms with Gasteiger partial charge < -0.3 is 14.6 Å². The van der Waals surface area contributed by atoms with E-state index in [0.29, 0.717) is 63.0 Å². The number of fused-ring (bicyclic) bond motifs is 2. The minimum Gasteiger partial charge on any atom is -0.505 e. The molecule has 6 rings (SSSR count). The monoisotopic (exact) mass is 616 g/mol. The fourth-order valence-corrected chi connectivity index (χ4v) is 6.54. The summed E-state index contributed by atoms with van der Waals surface area (Å²) in [6, 6.07) is 15.0. The Morgan fingerprint density at radius 3 is 2.67 bits per heavy atom. The second-order valence-corrected chi connectivity index (χ2v) is 11.5. The molecule has 0 bridgehead atoms. The minimum absolute atomic E-state index is 0.0712. The van der Waals surface area contributed by atoms with E-state index in [9.17, 15) is 14.7 Å². The quantitative estimate of drug-likeness (QED) is 0.0814. The molecule has 1 aliphatic rings. The first kappa shape index (κ1) is 28.7. The van der Waals surface area contributed by atoms with E-state index in [0.717, 1.165) is 17.5 Å². The van der Waals surface area contributed by atoms with E-state index in [2.05, 4.69) is 16.9 Å². The third kappa shape index (κ3) is 5.10. The lowest BCUT2D eigenvalue weighted by Crippen LogP contribution is -2.29. The summed E-state index contributed by atoms with van der Waals surface area (Å²) in [6.07, 6.45) is 3.61. The number of carbonyl (C=O) groups excluding carboxylic acids is 2. The fraction of sp³-hybridized carbons (Fsp3) is 0.250. The number of rotatable bonds is 9. The molecule has 220 valence electrons. The number of unbranched alkanes of at least 4 members (excludes halogenated alkanes) is 1. The van der Waals surface area contributed by atoms with Gasteiger partial charge in [-0.2, -0.15) is 0 Å². The number of halogens is 1. The molecule has 0 saturated carbocycles. The highest BCUT2D eigenvalue weighted by molar-refractivity contribution is 7.22. The van der Waals surface area contributed by atoms with Gasteiger partial charge in [0.2, 0.25) is 0 Å². The highest BCUT2D eigenvalue weighted by Gasteiger charge is 2.49. The lowest BCUT2D eigenvalue weighted by Gasteiger charge is -2.24. The summed E-state index contributed by atoms with van der Waals surface area (Å²) in [6.45, 7) is 6.61. The topological polar surface area (TPSA) is 106 Å². The van der Waals surface area contributed by atoms with Crippen molar-refractivity contribution in [2.45, 2.75) is 39.7 Å². The van der Waals surface area contributed by atoms with Crippen molar-refractivity contribution in [2.75, 3.05) is 18.1 Å². The predicted molar refractivity (Wildman–Crippen MR) is 167 cm³/mol. The number of aryl methyl sites for hydroxylation is 1. The highest BCUT2D eigenvalue weighted by atomic mass is 35.5. The van der Waals surface area contributed by atoms with Crippen LogP contribution in [0.4, 0.5) is 5.13 Å². The summed E-state index contributed by atoms with van der Waals surface area (Å²) in [5.74, 6) is -0.921. The van der Waals surface area contributed by atoms with Crippen molar-refractivity contribution < 1.29 is 24.2 Å². The van der Waals surface area contributed by atoms with E-state index in [-0.39, 0.29) is 11.3 Å². The summed E-state index contributed by atoms with van der Waals surface area (Å²) in [4.78, 5) is 38.2. The van der Waals surface area contributed by atoms with E-state index in [4.69, 9.17) is 21.1 Å². The number of hydrogen-bond acceptors (Lipinski definition) is 8. The Bertz CT molecular complexity index is 1910. The van der Waals surface area contributed by atoms with Gasteiger partial charge in [0.25, 0.3) is 5.78 Å². The van der Waals surface area contributed by atoms with E-state index in [1.807, 2.05) is 13.0 Å². The van der Waals surface area contributed by atoms with Crippen molar-refractivity contribution in [2.24, 2.45) is 0 Å². The largest absolute Gasteiger partial charge is 0.505 e. The van der Waals surface area contributed by atoms with Crippen molar-refractivity contribution in [1.82, 2.24) is 14.4 Å². The molecular weight excluding hydrogens is 588 g/mol. The maximum atomic E-state index is 13.8. The van der Waals surface area contributed by atoms with Gasteiger partial charge in [0.15, 0.2) is 22.4 Å². The van der Waals surface area contributed by atoms with Crippen LogP contribution in [0.1, 0.15) is 49.7 Å². The van der Waals surface area contributed by atoms with Gasteiger partial charge in [0.05, 0.1) is 40.7 Å². The van der Waals surface area contributed by atoms with Crippen LogP contribution in [0, 0.1) is 6.92 Å². The molecule has 1 N–H and O–H groups in total. The molecule has 9 nitrogen and oxygen atoms in total. The van der Waals surface area contributed by atoms with Crippen molar-refractivity contribution in [3.05, 3.63) is 88.3 Å². The Labute approximate surface area is 257 Å². The van der Waals surface area contributed by atoms with Gasteiger partial charge in [-0.3, -0.25) is 18.9 Å². The molecule has 1 unspecified atom stereocenters. The number of hydrogen-bond donors (Lipinski definition) is 1. The molecule has 1 fully saturated rings. The first-order valence-electron chi connectivity index (χ1n) is 14.0. The average molecular weight is 617 g/mol.